The third-order valence-electron chi connectivity index (χ3n) is 1.73. The van der Waals surface area contributed by atoms with Gasteiger partial charge in [-0.1, -0.05) is 6.92 Å². The van der Waals surface area contributed by atoms with E-state index in [4.69, 9.17) is 0 Å². The molecule has 0 fully saturated rings. The van der Waals surface area contributed by atoms with Crippen molar-refractivity contribution in [1.82, 2.24) is 19.9 Å². The van der Waals surface area contributed by atoms with Crippen molar-refractivity contribution in [3.63, 3.8) is 0 Å². The molecule has 0 saturated carbocycles. The number of aromatic amines is 1. The molecule has 0 aliphatic carbocycles. The van der Waals surface area contributed by atoms with Crippen LogP contribution in [-0.2, 0) is 6.42 Å². The van der Waals surface area contributed by atoms with Crippen LogP contribution < -0.4 is 5.56 Å². The van der Waals surface area contributed by atoms with E-state index in [0.717, 1.165) is 0 Å². The number of H-pyrrole nitrogens is 1. The minimum atomic E-state index is -0.227. The SMILES string of the molecule is CCc1nc2nccnc2c(=O)[nH]1. The molecular weight excluding hydrogens is 168 g/mol. The molecule has 0 amide bonds. The van der Waals surface area contributed by atoms with Crippen LogP contribution in [0.2, 0.25) is 0 Å². The topological polar surface area (TPSA) is 71.5 Å². The molecule has 0 radical (unpaired) electrons. The zero-order valence-electron chi connectivity index (χ0n) is 7.11. The summed E-state index contributed by atoms with van der Waals surface area (Å²) in [7, 11) is 0. The highest BCUT2D eigenvalue weighted by molar-refractivity contribution is 5.67. The molecule has 2 rings (SSSR count). The molecule has 0 aromatic carbocycles. The van der Waals surface area contributed by atoms with Crippen LogP contribution in [0, 0.1) is 0 Å². The molecule has 2 heterocycles. The van der Waals surface area contributed by atoms with Crippen molar-refractivity contribution in [3.8, 4) is 0 Å². The van der Waals surface area contributed by atoms with E-state index < -0.39 is 0 Å². The van der Waals surface area contributed by atoms with Gasteiger partial charge in [0, 0.05) is 18.8 Å². The average Bonchev–Trinajstić information content (AvgIpc) is 2.18. The molecule has 0 spiro atoms. The summed E-state index contributed by atoms with van der Waals surface area (Å²) in [4.78, 5) is 26.0. The van der Waals surface area contributed by atoms with Gasteiger partial charge in [0.2, 0.25) is 0 Å². The van der Waals surface area contributed by atoms with Crippen LogP contribution in [0.3, 0.4) is 0 Å². The van der Waals surface area contributed by atoms with E-state index in [2.05, 4.69) is 19.9 Å². The summed E-state index contributed by atoms with van der Waals surface area (Å²) in [6, 6.07) is 0. The van der Waals surface area contributed by atoms with Crippen molar-refractivity contribution >= 4 is 11.2 Å². The van der Waals surface area contributed by atoms with Gasteiger partial charge in [-0.2, -0.15) is 0 Å². The highest BCUT2D eigenvalue weighted by atomic mass is 16.1. The number of aromatic nitrogens is 4. The van der Waals surface area contributed by atoms with Gasteiger partial charge < -0.3 is 4.98 Å². The summed E-state index contributed by atoms with van der Waals surface area (Å²) in [6.45, 7) is 1.92. The smallest absolute Gasteiger partial charge is 0.279 e. The Kier molecular flexibility index (Phi) is 1.77. The number of aryl methyl sites for hydroxylation is 1. The van der Waals surface area contributed by atoms with Crippen molar-refractivity contribution in [2.24, 2.45) is 0 Å². The monoisotopic (exact) mass is 176 g/mol. The molecule has 66 valence electrons. The lowest BCUT2D eigenvalue weighted by atomic mass is 10.4. The van der Waals surface area contributed by atoms with E-state index in [1.54, 1.807) is 0 Å². The van der Waals surface area contributed by atoms with Crippen molar-refractivity contribution in [1.29, 1.82) is 0 Å². The highest BCUT2D eigenvalue weighted by Gasteiger charge is 2.02. The Morgan fingerprint density at radius 1 is 1.38 bits per heavy atom. The second-order valence-electron chi connectivity index (χ2n) is 2.59. The van der Waals surface area contributed by atoms with Gasteiger partial charge in [0.25, 0.3) is 5.56 Å². The fourth-order valence-corrected chi connectivity index (χ4v) is 1.09. The van der Waals surface area contributed by atoms with Gasteiger partial charge in [0.15, 0.2) is 11.2 Å². The Balaban J connectivity index is 2.85. The summed E-state index contributed by atoms with van der Waals surface area (Å²) < 4.78 is 0. The molecule has 0 unspecified atom stereocenters. The minimum absolute atomic E-state index is 0.227. The summed E-state index contributed by atoms with van der Waals surface area (Å²) in [5.41, 5.74) is 0.470. The Labute approximate surface area is 73.9 Å². The molecule has 1 N–H and O–H groups in total. The van der Waals surface area contributed by atoms with Crippen LogP contribution in [-0.4, -0.2) is 19.9 Å². The van der Waals surface area contributed by atoms with E-state index in [1.165, 1.54) is 12.4 Å². The molecule has 0 saturated heterocycles. The molecule has 0 atom stereocenters. The predicted molar refractivity (Wildman–Crippen MR) is 47.3 cm³/mol. The van der Waals surface area contributed by atoms with Crippen LogP contribution in [0.5, 0.6) is 0 Å². The van der Waals surface area contributed by atoms with Gasteiger partial charge in [0.1, 0.15) is 5.82 Å². The summed E-state index contributed by atoms with van der Waals surface area (Å²) in [5.74, 6) is 0.637. The molecule has 5 heteroatoms. The van der Waals surface area contributed by atoms with Crippen LogP contribution in [0.4, 0.5) is 0 Å². The number of fused-ring (bicyclic) bond motifs is 1. The number of nitrogens with zero attached hydrogens (tertiary/aromatic N) is 3. The van der Waals surface area contributed by atoms with Crippen molar-refractivity contribution < 1.29 is 0 Å². The van der Waals surface area contributed by atoms with Crippen molar-refractivity contribution in [2.75, 3.05) is 0 Å². The number of rotatable bonds is 1. The molecule has 0 aliphatic rings. The first-order chi connectivity index (χ1) is 6.31. The van der Waals surface area contributed by atoms with Gasteiger partial charge in [-0.25, -0.2) is 15.0 Å². The maximum Gasteiger partial charge on any atom is 0.279 e. The molecule has 13 heavy (non-hydrogen) atoms. The van der Waals surface area contributed by atoms with Crippen molar-refractivity contribution in [2.45, 2.75) is 13.3 Å². The Bertz CT molecular complexity index is 491. The predicted octanol–water partition coefficient (Wildman–Crippen LogP) is 0.275. The zero-order chi connectivity index (χ0) is 9.26. The summed E-state index contributed by atoms with van der Waals surface area (Å²) >= 11 is 0. The van der Waals surface area contributed by atoms with E-state index in [9.17, 15) is 4.79 Å². The Hall–Kier alpha value is -1.78. The lowest BCUT2D eigenvalue weighted by Gasteiger charge is -1.97. The van der Waals surface area contributed by atoms with Gasteiger partial charge in [-0.15, -0.1) is 0 Å². The van der Waals surface area contributed by atoms with Gasteiger partial charge in [-0.05, 0) is 0 Å². The Morgan fingerprint density at radius 2 is 2.15 bits per heavy atom. The van der Waals surface area contributed by atoms with Crippen molar-refractivity contribution in [3.05, 3.63) is 28.6 Å². The summed E-state index contributed by atoms with van der Waals surface area (Å²) in [6.07, 6.45) is 3.68. The minimum Gasteiger partial charge on any atom is -0.309 e. The van der Waals surface area contributed by atoms with Gasteiger partial charge in [-0.3, -0.25) is 4.79 Å². The van der Waals surface area contributed by atoms with Gasteiger partial charge >= 0.3 is 0 Å². The zero-order valence-corrected chi connectivity index (χ0v) is 7.11. The first kappa shape index (κ1) is 7.85. The molecular formula is C8H8N4O. The lowest BCUT2D eigenvalue weighted by Crippen LogP contribution is -2.13. The standard InChI is InChI=1S/C8H8N4O/c1-2-5-11-7-6(8(13)12-5)9-3-4-10-7/h3-4H,2H2,1H3,(H,10,11,12,13). The second-order valence-corrected chi connectivity index (χ2v) is 2.59. The normalized spacial score (nSPS) is 10.5. The number of nitrogens with one attached hydrogen (secondary N) is 1. The van der Waals surface area contributed by atoms with Crippen LogP contribution in [0.25, 0.3) is 11.2 Å². The molecule has 2 aromatic heterocycles. The van der Waals surface area contributed by atoms with Gasteiger partial charge in [0.05, 0.1) is 0 Å². The maximum atomic E-state index is 11.4. The molecule has 5 nitrogen and oxygen atoms in total. The number of hydrogen-bond acceptors (Lipinski definition) is 4. The van der Waals surface area contributed by atoms with E-state index in [-0.39, 0.29) is 5.56 Å². The fourth-order valence-electron chi connectivity index (χ4n) is 1.09. The van der Waals surface area contributed by atoms with E-state index in [1.807, 2.05) is 6.92 Å². The van der Waals surface area contributed by atoms with E-state index in [0.29, 0.717) is 23.4 Å². The summed E-state index contributed by atoms with van der Waals surface area (Å²) in [5, 5.41) is 0. The third-order valence-corrected chi connectivity index (χ3v) is 1.73. The largest absolute Gasteiger partial charge is 0.309 e. The molecule has 2 aromatic rings. The Morgan fingerprint density at radius 3 is 2.92 bits per heavy atom. The molecule has 0 bridgehead atoms. The first-order valence-electron chi connectivity index (χ1n) is 4.01. The van der Waals surface area contributed by atoms with Crippen LogP contribution in [0.15, 0.2) is 17.2 Å². The first-order valence-corrected chi connectivity index (χ1v) is 4.01. The second kappa shape index (κ2) is 2.93. The van der Waals surface area contributed by atoms with E-state index >= 15 is 0 Å². The fraction of sp³-hybridized carbons (Fsp3) is 0.250. The third kappa shape index (κ3) is 1.28. The molecule has 0 aliphatic heterocycles. The number of hydrogen-bond donors (Lipinski definition) is 1. The quantitative estimate of drug-likeness (QED) is 0.677. The highest BCUT2D eigenvalue weighted by Crippen LogP contribution is 1.98. The maximum absolute atomic E-state index is 11.4. The lowest BCUT2D eigenvalue weighted by molar-refractivity contribution is 0.930. The average molecular weight is 176 g/mol. The van der Waals surface area contributed by atoms with Crippen LogP contribution in [0.1, 0.15) is 12.7 Å². The van der Waals surface area contributed by atoms with Crippen LogP contribution >= 0.6 is 0 Å².